The molecule has 4 saturated carbocycles. The van der Waals surface area contributed by atoms with Crippen molar-refractivity contribution in [2.75, 3.05) is 13.2 Å². The first-order valence-corrected chi connectivity index (χ1v) is 10.5. The van der Waals surface area contributed by atoms with Crippen LogP contribution in [0.15, 0.2) is 0 Å². The Morgan fingerprint density at radius 3 is 2.46 bits per heavy atom. The minimum absolute atomic E-state index is 0.238. The van der Waals surface area contributed by atoms with E-state index in [4.69, 9.17) is 14.2 Å². The summed E-state index contributed by atoms with van der Waals surface area (Å²) in [6, 6.07) is 0. The number of epoxide rings is 1. The second-order valence-corrected chi connectivity index (χ2v) is 10.3. The predicted molar refractivity (Wildman–Crippen MR) is 90.4 cm³/mol. The fourth-order valence-corrected chi connectivity index (χ4v) is 8.41. The molecule has 1 spiro atoms. The Balaban J connectivity index is 1.34. The summed E-state index contributed by atoms with van der Waals surface area (Å²) in [6.07, 6.45) is 11.9. The zero-order valence-corrected chi connectivity index (χ0v) is 15.3. The number of fused-ring (bicyclic) bond motifs is 7. The highest BCUT2D eigenvalue weighted by Crippen LogP contribution is 2.70. The molecular weight excluding hydrogens is 300 g/mol. The fourth-order valence-electron chi connectivity index (χ4n) is 8.41. The van der Waals surface area contributed by atoms with E-state index in [-0.39, 0.29) is 11.2 Å². The minimum atomic E-state index is -0.238. The molecule has 2 saturated heterocycles. The lowest BCUT2D eigenvalue weighted by atomic mass is 9.45. The van der Waals surface area contributed by atoms with Gasteiger partial charge in [-0.05, 0) is 74.0 Å². The van der Waals surface area contributed by atoms with Gasteiger partial charge in [0.15, 0.2) is 5.79 Å². The molecule has 0 N–H and O–H groups in total. The molecule has 6 fully saturated rings. The van der Waals surface area contributed by atoms with Gasteiger partial charge in [-0.25, -0.2) is 0 Å². The molecule has 0 unspecified atom stereocenters. The number of ether oxygens (including phenoxy) is 3. The van der Waals surface area contributed by atoms with E-state index in [1.807, 2.05) is 0 Å². The smallest absolute Gasteiger partial charge is 0.174 e. The van der Waals surface area contributed by atoms with Gasteiger partial charge in [-0.15, -0.1) is 0 Å². The van der Waals surface area contributed by atoms with Crippen molar-refractivity contribution < 1.29 is 14.2 Å². The fraction of sp³-hybridized carbons (Fsp3) is 1.00. The molecule has 0 amide bonds. The summed E-state index contributed by atoms with van der Waals surface area (Å²) in [5, 5.41) is 0. The second-order valence-electron chi connectivity index (χ2n) is 10.3. The molecule has 0 aromatic rings. The zero-order valence-electron chi connectivity index (χ0n) is 15.3. The van der Waals surface area contributed by atoms with Gasteiger partial charge >= 0.3 is 0 Å². The summed E-state index contributed by atoms with van der Waals surface area (Å²) in [6.45, 7) is 6.73. The van der Waals surface area contributed by atoms with Crippen molar-refractivity contribution in [2.45, 2.75) is 83.2 Å². The molecule has 0 aromatic heterocycles. The molecular formula is C21H32O3. The molecule has 4 aliphatic carbocycles. The van der Waals surface area contributed by atoms with Crippen LogP contribution in [0.25, 0.3) is 0 Å². The van der Waals surface area contributed by atoms with Gasteiger partial charge in [-0.3, -0.25) is 0 Å². The molecule has 0 radical (unpaired) electrons. The molecule has 2 heterocycles. The minimum Gasteiger partial charge on any atom is -0.370 e. The Morgan fingerprint density at radius 2 is 1.62 bits per heavy atom. The maximum atomic E-state index is 6.27. The Labute approximate surface area is 145 Å². The average molecular weight is 332 g/mol. The molecule has 3 heteroatoms. The quantitative estimate of drug-likeness (QED) is 0.624. The van der Waals surface area contributed by atoms with Crippen LogP contribution in [0.4, 0.5) is 0 Å². The van der Waals surface area contributed by atoms with E-state index in [9.17, 15) is 0 Å². The van der Waals surface area contributed by atoms with Crippen LogP contribution in [0.3, 0.4) is 0 Å². The third-order valence-electron chi connectivity index (χ3n) is 9.71. The zero-order chi connectivity index (χ0) is 16.2. The second kappa shape index (κ2) is 4.58. The first-order valence-electron chi connectivity index (χ1n) is 10.5. The van der Waals surface area contributed by atoms with Gasteiger partial charge in [0.2, 0.25) is 0 Å². The van der Waals surface area contributed by atoms with Gasteiger partial charge in [0.1, 0.15) is 0 Å². The SMILES string of the molecule is C[C@]12C[C@H]3O[C@@H]3C[C@@H]1CC[C@@H]1[C@@H]2CC[C@@]2(C)[C@H]1CCC21OCCO1. The van der Waals surface area contributed by atoms with Crippen molar-refractivity contribution >= 4 is 0 Å². The molecule has 3 nitrogen and oxygen atoms in total. The van der Waals surface area contributed by atoms with Crippen LogP contribution >= 0.6 is 0 Å². The third-order valence-corrected chi connectivity index (χ3v) is 9.71. The molecule has 2 aliphatic heterocycles. The highest BCUT2D eigenvalue weighted by molar-refractivity contribution is 5.14. The highest BCUT2D eigenvalue weighted by Gasteiger charge is 2.68. The number of rotatable bonds is 0. The molecule has 0 bridgehead atoms. The summed E-state index contributed by atoms with van der Waals surface area (Å²) in [5.74, 6) is 3.30. The monoisotopic (exact) mass is 332 g/mol. The molecule has 24 heavy (non-hydrogen) atoms. The molecule has 6 aliphatic rings. The van der Waals surface area contributed by atoms with Crippen LogP contribution in [0, 0.1) is 34.5 Å². The molecule has 8 atom stereocenters. The van der Waals surface area contributed by atoms with Crippen molar-refractivity contribution in [3.63, 3.8) is 0 Å². The summed E-state index contributed by atoms with van der Waals surface area (Å²) >= 11 is 0. The van der Waals surface area contributed by atoms with E-state index >= 15 is 0 Å². The van der Waals surface area contributed by atoms with E-state index in [0.29, 0.717) is 17.6 Å². The highest BCUT2D eigenvalue weighted by atomic mass is 16.7. The van der Waals surface area contributed by atoms with Crippen LogP contribution in [0.1, 0.15) is 65.2 Å². The van der Waals surface area contributed by atoms with Gasteiger partial charge in [0, 0.05) is 11.8 Å². The van der Waals surface area contributed by atoms with Gasteiger partial charge in [0.25, 0.3) is 0 Å². The average Bonchev–Trinajstić information content (AvgIpc) is 3.01. The summed E-state index contributed by atoms with van der Waals surface area (Å²) in [5.41, 5.74) is 0.788. The van der Waals surface area contributed by atoms with Gasteiger partial charge < -0.3 is 14.2 Å². The summed E-state index contributed by atoms with van der Waals surface area (Å²) < 4.78 is 18.5. The van der Waals surface area contributed by atoms with E-state index in [1.54, 1.807) is 0 Å². The maximum absolute atomic E-state index is 6.27. The van der Waals surface area contributed by atoms with E-state index in [2.05, 4.69) is 13.8 Å². The van der Waals surface area contributed by atoms with Crippen LogP contribution in [0.5, 0.6) is 0 Å². The van der Waals surface area contributed by atoms with Crippen molar-refractivity contribution in [3.05, 3.63) is 0 Å². The Hall–Kier alpha value is -0.120. The van der Waals surface area contributed by atoms with Crippen LogP contribution in [0.2, 0.25) is 0 Å². The largest absolute Gasteiger partial charge is 0.370 e. The van der Waals surface area contributed by atoms with E-state index in [1.165, 1.54) is 44.9 Å². The lowest BCUT2D eigenvalue weighted by Crippen LogP contribution is -2.57. The Morgan fingerprint density at radius 1 is 0.833 bits per heavy atom. The van der Waals surface area contributed by atoms with Crippen LogP contribution in [-0.4, -0.2) is 31.2 Å². The van der Waals surface area contributed by atoms with Gasteiger partial charge in [-0.1, -0.05) is 13.8 Å². The van der Waals surface area contributed by atoms with Crippen molar-refractivity contribution in [1.82, 2.24) is 0 Å². The number of hydrogen-bond acceptors (Lipinski definition) is 3. The molecule has 0 aromatic carbocycles. The predicted octanol–water partition coefficient (Wildman–Crippen LogP) is 4.15. The third kappa shape index (κ3) is 1.66. The normalized spacial score (nSPS) is 60.2. The van der Waals surface area contributed by atoms with Crippen LogP contribution < -0.4 is 0 Å². The summed E-state index contributed by atoms with van der Waals surface area (Å²) in [7, 11) is 0. The van der Waals surface area contributed by atoms with E-state index in [0.717, 1.165) is 43.3 Å². The first kappa shape index (κ1) is 15.0. The summed E-state index contributed by atoms with van der Waals surface area (Å²) in [4.78, 5) is 0. The van der Waals surface area contributed by atoms with Gasteiger partial charge in [-0.2, -0.15) is 0 Å². The topological polar surface area (TPSA) is 31.0 Å². The molecule has 134 valence electrons. The number of hydrogen-bond donors (Lipinski definition) is 0. The van der Waals surface area contributed by atoms with Crippen LogP contribution in [-0.2, 0) is 14.2 Å². The van der Waals surface area contributed by atoms with Crippen molar-refractivity contribution in [2.24, 2.45) is 34.5 Å². The lowest BCUT2D eigenvalue weighted by Gasteiger charge is -2.60. The lowest BCUT2D eigenvalue weighted by molar-refractivity contribution is -0.246. The molecule has 6 rings (SSSR count). The van der Waals surface area contributed by atoms with E-state index < -0.39 is 0 Å². The van der Waals surface area contributed by atoms with Gasteiger partial charge in [0.05, 0.1) is 25.4 Å². The Kier molecular flexibility index (Phi) is 2.86. The first-order chi connectivity index (χ1) is 11.6. The standard InChI is InChI=1S/C21H32O3/c1-19-12-18-17(24-18)11-13(19)3-4-14-15(19)5-7-20(2)16(14)6-8-21(20)22-9-10-23-21/h13-18H,3-12H2,1-2H3/t13-,14+,15-,16-,17+,18+,19-,20-/m0/s1. The van der Waals surface area contributed by atoms with Crippen molar-refractivity contribution in [1.29, 1.82) is 0 Å². The van der Waals surface area contributed by atoms with Crippen molar-refractivity contribution in [3.8, 4) is 0 Å². The maximum Gasteiger partial charge on any atom is 0.174 e. The Bertz CT molecular complexity index is 553.